The van der Waals surface area contributed by atoms with Crippen molar-refractivity contribution in [1.29, 1.82) is 0 Å². The van der Waals surface area contributed by atoms with E-state index in [-0.39, 0.29) is 5.91 Å². The highest BCUT2D eigenvalue weighted by Gasteiger charge is 2.12. The minimum atomic E-state index is -0.162. The van der Waals surface area contributed by atoms with E-state index < -0.39 is 0 Å². The molecule has 0 saturated heterocycles. The quantitative estimate of drug-likeness (QED) is 0.879. The van der Waals surface area contributed by atoms with Gasteiger partial charge >= 0.3 is 0 Å². The number of nitrogens with one attached hydrogen (secondary N) is 1. The Morgan fingerprint density at radius 3 is 2.55 bits per heavy atom. The molecular formula is C18H21NO3. The molecule has 1 N–H and O–H groups in total. The summed E-state index contributed by atoms with van der Waals surface area (Å²) >= 11 is 0. The molecule has 0 fully saturated rings. The maximum absolute atomic E-state index is 12.4. The molecule has 2 aromatic carbocycles. The number of ether oxygens (including phenoxy) is 2. The van der Waals surface area contributed by atoms with Crippen LogP contribution >= 0.6 is 0 Å². The van der Waals surface area contributed by atoms with Crippen LogP contribution in [0, 0.1) is 0 Å². The molecule has 22 heavy (non-hydrogen) atoms. The Morgan fingerprint density at radius 2 is 1.86 bits per heavy atom. The zero-order valence-corrected chi connectivity index (χ0v) is 13.2. The highest BCUT2D eigenvalue weighted by Crippen LogP contribution is 2.28. The molecule has 0 heterocycles. The van der Waals surface area contributed by atoms with E-state index in [2.05, 4.69) is 12.2 Å². The highest BCUT2D eigenvalue weighted by molar-refractivity contribution is 6.05. The van der Waals surface area contributed by atoms with Gasteiger partial charge in [0.15, 0.2) is 11.5 Å². The average molecular weight is 299 g/mol. The van der Waals surface area contributed by atoms with Gasteiger partial charge in [-0.15, -0.1) is 0 Å². The molecule has 0 unspecified atom stereocenters. The summed E-state index contributed by atoms with van der Waals surface area (Å²) in [5.74, 6) is 1.03. The number of aryl methyl sites for hydroxylation is 1. The molecule has 0 aromatic heterocycles. The van der Waals surface area contributed by atoms with Crippen LogP contribution in [0.3, 0.4) is 0 Å². The van der Waals surface area contributed by atoms with Crippen molar-refractivity contribution in [3.8, 4) is 11.5 Å². The van der Waals surface area contributed by atoms with Crippen molar-refractivity contribution in [1.82, 2.24) is 0 Å². The van der Waals surface area contributed by atoms with Crippen molar-refractivity contribution in [2.45, 2.75) is 20.3 Å². The molecule has 0 atom stereocenters. The van der Waals surface area contributed by atoms with Crippen molar-refractivity contribution in [2.24, 2.45) is 0 Å². The van der Waals surface area contributed by atoms with Gasteiger partial charge in [-0.25, -0.2) is 0 Å². The lowest BCUT2D eigenvalue weighted by Crippen LogP contribution is -2.13. The van der Waals surface area contributed by atoms with Crippen LogP contribution in [-0.4, -0.2) is 19.6 Å². The van der Waals surface area contributed by atoms with E-state index >= 15 is 0 Å². The third kappa shape index (κ3) is 3.58. The van der Waals surface area contributed by atoms with Crippen molar-refractivity contribution in [2.75, 3.05) is 19.0 Å². The first-order valence-electron chi connectivity index (χ1n) is 7.39. The van der Waals surface area contributed by atoms with E-state index in [0.29, 0.717) is 23.7 Å². The number of amides is 1. The minimum absolute atomic E-state index is 0.162. The maximum atomic E-state index is 12.4. The second-order valence-corrected chi connectivity index (χ2v) is 4.76. The van der Waals surface area contributed by atoms with Gasteiger partial charge in [0.1, 0.15) is 0 Å². The first-order valence-corrected chi connectivity index (χ1v) is 7.39. The number of hydrogen-bond donors (Lipinski definition) is 1. The molecule has 116 valence electrons. The number of carbonyl (C=O) groups excluding carboxylic acids is 1. The van der Waals surface area contributed by atoms with Crippen molar-refractivity contribution < 1.29 is 14.3 Å². The Labute approximate surface area is 131 Å². The van der Waals surface area contributed by atoms with Gasteiger partial charge in [-0.3, -0.25) is 4.79 Å². The maximum Gasteiger partial charge on any atom is 0.255 e. The van der Waals surface area contributed by atoms with E-state index in [1.807, 2.05) is 31.2 Å². The number of benzene rings is 2. The lowest BCUT2D eigenvalue weighted by Gasteiger charge is -2.12. The molecule has 0 saturated carbocycles. The van der Waals surface area contributed by atoms with Gasteiger partial charge in [0.25, 0.3) is 5.91 Å². The third-order valence-electron chi connectivity index (χ3n) is 3.37. The Bertz CT molecular complexity index is 653. The normalized spacial score (nSPS) is 10.1. The Kier molecular flexibility index (Phi) is 5.42. The fraction of sp³-hybridized carbons (Fsp3) is 0.278. The van der Waals surface area contributed by atoms with Crippen LogP contribution < -0.4 is 14.8 Å². The Balaban J connectivity index is 2.24. The Hall–Kier alpha value is -2.49. The van der Waals surface area contributed by atoms with Crippen LogP contribution in [0.15, 0.2) is 42.5 Å². The van der Waals surface area contributed by atoms with Gasteiger partial charge in [-0.1, -0.05) is 25.1 Å². The van der Waals surface area contributed by atoms with Crippen molar-refractivity contribution in [3.63, 3.8) is 0 Å². The summed E-state index contributed by atoms with van der Waals surface area (Å²) in [6.07, 6.45) is 0.864. The predicted molar refractivity (Wildman–Crippen MR) is 87.9 cm³/mol. The van der Waals surface area contributed by atoms with E-state index in [0.717, 1.165) is 17.7 Å². The molecule has 0 aliphatic rings. The molecule has 4 heteroatoms. The molecule has 0 bridgehead atoms. The van der Waals surface area contributed by atoms with Crippen LogP contribution in [0.5, 0.6) is 11.5 Å². The van der Waals surface area contributed by atoms with Gasteiger partial charge in [0.2, 0.25) is 0 Å². The van der Waals surface area contributed by atoms with Gasteiger partial charge in [0.05, 0.1) is 13.7 Å². The zero-order valence-electron chi connectivity index (χ0n) is 13.2. The van der Waals surface area contributed by atoms with Gasteiger partial charge in [0, 0.05) is 11.3 Å². The van der Waals surface area contributed by atoms with Crippen molar-refractivity contribution >= 4 is 11.6 Å². The third-order valence-corrected chi connectivity index (χ3v) is 3.37. The molecular weight excluding hydrogens is 278 g/mol. The summed E-state index contributed by atoms with van der Waals surface area (Å²) in [7, 11) is 1.58. The highest BCUT2D eigenvalue weighted by atomic mass is 16.5. The molecule has 0 aliphatic carbocycles. The second-order valence-electron chi connectivity index (χ2n) is 4.76. The van der Waals surface area contributed by atoms with Crippen LogP contribution in [0.4, 0.5) is 5.69 Å². The van der Waals surface area contributed by atoms with E-state index in [9.17, 15) is 4.79 Å². The predicted octanol–water partition coefficient (Wildman–Crippen LogP) is 3.91. The number of hydrogen-bond acceptors (Lipinski definition) is 3. The summed E-state index contributed by atoms with van der Waals surface area (Å²) in [5.41, 5.74) is 2.48. The van der Waals surface area contributed by atoms with Gasteiger partial charge in [-0.05, 0) is 43.2 Å². The zero-order chi connectivity index (χ0) is 15.9. The van der Waals surface area contributed by atoms with E-state index in [4.69, 9.17) is 9.47 Å². The SMILES string of the molecule is CCOc1cc(C(=O)Nc2ccccc2CC)ccc1OC. The fourth-order valence-electron chi connectivity index (χ4n) is 2.23. The summed E-state index contributed by atoms with van der Waals surface area (Å²) in [4.78, 5) is 12.4. The fourth-order valence-corrected chi connectivity index (χ4v) is 2.23. The van der Waals surface area contributed by atoms with Crippen molar-refractivity contribution in [3.05, 3.63) is 53.6 Å². The second kappa shape index (κ2) is 7.50. The summed E-state index contributed by atoms with van der Waals surface area (Å²) < 4.78 is 10.7. The molecule has 4 nitrogen and oxygen atoms in total. The summed E-state index contributed by atoms with van der Waals surface area (Å²) in [5, 5.41) is 2.95. The summed E-state index contributed by atoms with van der Waals surface area (Å²) in [6, 6.07) is 13.0. The van der Waals surface area contributed by atoms with Crippen LogP contribution in [0.25, 0.3) is 0 Å². The minimum Gasteiger partial charge on any atom is -0.493 e. The number of rotatable bonds is 6. The van der Waals surface area contributed by atoms with E-state index in [1.54, 1.807) is 25.3 Å². The lowest BCUT2D eigenvalue weighted by molar-refractivity contribution is 0.102. The summed E-state index contributed by atoms with van der Waals surface area (Å²) in [6.45, 7) is 4.47. The average Bonchev–Trinajstić information content (AvgIpc) is 2.55. The number of carbonyl (C=O) groups is 1. The molecule has 0 radical (unpaired) electrons. The monoisotopic (exact) mass is 299 g/mol. The molecule has 0 aliphatic heterocycles. The van der Waals surface area contributed by atoms with Crippen LogP contribution in [0.1, 0.15) is 29.8 Å². The first kappa shape index (κ1) is 15.9. The number of anilines is 1. The molecule has 1 amide bonds. The van der Waals surface area contributed by atoms with Crippen LogP contribution in [0.2, 0.25) is 0 Å². The smallest absolute Gasteiger partial charge is 0.255 e. The van der Waals surface area contributed by atoms with Gasteiger partial charge < -0.3 is 14.8 Å². The molecule has 0 spiro atoms. The largest absolute Gasteiger partial charge is 0.493 e. The molecule has 2 rings (SSSR count). The molecule has 2 aromatic rings. The van der Waals surface area contributed by atoms with E-state index in [1.165, 1.54) is 0 Å². The topological polar surface area (TPSA) is 47.6 Å². The lowest BCUT2D eigenvalue weighted by atomic mass is 10.1. The van der Waals surface area contributed by atoms with Gasteiger partial charge in [-0.2, -0.15) is 0 Å². The number of para-hydroxylation sites is 1. The van der Waals surface area contributed by atoms with Crippen LogP contribution in [-0.2, 0) is 6.42 Å². The first-order chi connectivity index (χ1) is 10.7. The Morgan fingerprint density at radius 1 is 1.09 bits per heavy atom. The standard InChI is InChI=1S/C18H21NO3/c1-4-13-8-6-7-9-15(13)19-18(20)14-10-11-16(21-3)17(12-14)22-5-2/h6-12H,4-5H2,1-3H3,(H,19,20). The number of methoxy groups -OCH3 is 1.